The Balaban J connectivity index is 1.60. The zero-order valence-corrected chi connectivity index (χ0v) is 15.1. The minimum absolute atomic E-state index is 0.0586. The van der Waals surface area contributed by atoms with E-state index >= 15 is 0 Å². The van der Waals surface area contributed by atoms with Crippen LogP contribution in [0.5, 0.6) is 0 Å². The van der Waals surface area contributed by atoms with Crippen molar-refractivity contribution in [1.82, 2.24) is 9.88 Å². The molecule has 1 aliphatic heterocycles. The molecule has 1 fully saturated rings. The van der Waals surface area contributed by atoms with Crippen LogP contribution in [0, 0.1) is 5.92 Å². The summed E-state index contributed by atoms with van der Waals surface area (Å²) in [5, 5.41) is 11.5. The number of carbonyl (C=O) groups excluding carboxylic acids is 1. The van der Waals surface area contributed by atoms with E-state index in [0.29, 0.717) is 16.6 Å². The van der Waals surface area contributed by atoms with Crippen LogP contribution < -0.4 is 0 Å². The number of fused-ring (bicyclic) bond motifs is 1. The number of aromatic nitrogens is 1. The smallest absolute Gasteiger partial charge is 0.270 e. The lowest BCUT2D eigenvalue weighted by atomic mass is 9.88. The van der Waals surface area contributed by atoms with Gasteiger partial charge in [0, 0.05) is 29.0 Å². The van der Waals surface area contributed by atoms with Crippen molar-refractivity contribution in [2.24, 2.45) is 5.92 Å². The number of benzene rings is 1. The van der Waals surface area contributed by atoms with Crippen LogP contribution >= 0.6 is 11.6 Å². The molecule has 0 bridgehead atoms. The van der Waals surface area contributed by atoms with Gasteiger partial charge in [-0.15, -0.1) is 0 Å². The summed E-state index contributed by atoms with van der Waals surface area (Å²) in [7, 11) is 0. The maximum atomic E-state index is 12.7. The van der Waals surface area contributed by atoms with Crippen LogP contribution in [0.3, 0.4) is 0 Å². The molecule has 0 radical (unpaired) electrons. The lowest BCUT2D eigenvalue weighted by Gasteiger charge is -2.32. The van der Waals surface area contributed by atoms with Crippen LogP contribution in [-0.4, -0.2) is 39.6 Å². The minimum atomic E-state index is -0.599. The van der Waals surface area contributed by atoms with Crippen molar-refractivity contribution in [2.75, 3.05) is 13.1 Å². The first-order valence-electron chi connectivity index (χ1n) is 8.62. The van der Waals surface area contributed by atoms with Gasteiger partial charge in [0.15, 0.2) is 0 Å². The number of aliphatic hydroxyl groups is 1. The van der Waals surface area contributed by atoms with E-state index in [1.165, 1.54) is 0 Å². The summed E-state index contributed by atoms with van der Waals surface area (Å²) >= 11 is 6.01. The van der Waals surface area contributed by atoms with Crippen LogP contribution in [0.2, 0.25) is 5.02 Å². The number of aromatic amines is 1. The Hall–Kier alpha value is -1.52. The van der Waals surface area contributed by atoms with Crippen LogP contribution in [0.1, 0.15) is 50.0 Å². The highest BCUT2D eigenvalue weighted by atomic mass is 35.5. The maximum absolute atomic E-state index is 12.7. The Morgan fingerprint density at radius 1 is 1.33 bits per heavy atom. The van der Waals surface area contributed by atoms with Gasteiger partial charge in [0.2, 0.25) is 0 Å². The number of H-pyrrole nitrogens is 1. The van der Waals surface area contributed by atoms with E-state index in [1.807, 2.05) is 43.0 Å². The molecule has 0 saturated carbocycles. The van der Waals surface area contributed by atoms with E-state index in [1.54, 1.807) is 0 Å². The Kier molecular flexibility index (Phi) is 4.88. The van der Waals surface area contributed by atoms with E-state index in [-0.39, 0.29) is 5.91 Å². The second-order valence-electron chi connectivity index (χ2n) is 7.50. The van der Waals surface area contributed by atoms with Gasteiger partial charge in [-0.1, -0.05) is 11.6 Å². The molecule has 2 heterocycles. The molecule has 0 unspecified atom stereocenters. The van der Waals surface area contributed by atoms with E-state index in [9.17, 15) is 9.90 Å². The van der Waals surface area contributed by atoms with E-state index < -0.39 is 5.60 Å². The number of hydrogen-bond donors (Lipinski definition) is 2. The summed E-state index contributed by atoms with van der Waals surface area (Å²) in [4.78, 5) is 17.8. The summed E-state index contributed by atoms with van der Waals surface area (Å²) in [5.41, 5.74) is 0.962. The quantitative estimate of drug-likeness (QED) is 0.868. The number of halogens is 1. The van der Waals surface area contributed by atoms with Crippen LogP contribution in [0.25, 0.3) is 10.9 Å². The molecule has 1 aromatic carbocycles. The highest BCUT2D eigenvalue weighted by Crippen LogP contribution is 2.27. The lowest BCUT2D eigenvalue weighted by molar-refractivity contribution is 0.0529. The topological polar surface area (TPSA) is 56.3 Å². The molecule has 4 nitrogen and oxygen atoms in total. The van der Waals surface area contributed by atoms with Crippen LogP contribution in [0.4, 0.5) is 0 Å². The fourth-order valence-electron chi connectivity index (χ4n) is 3.37. The Morgan fingerprint density at radius 2 is 2.04 bits per heavy atom. The average molecular weight is 349 g/mol. The SMILES string of the molecule is CC(C)(O)CCC1CCN(C(=O)c2cc3cc(Cl)ccc3[nH]2)CC1. The molecule has 2 N–H and O–H groups in total. The monoisotopic (exact) mass is 348 g/mol. The summed E-state index contributed by atoms with van der Waals surface area (Å²) in [6.45, 7) is 5.28. The van der Waals surface area contributed by atoms with Crippen molar-refractivity contribution in [2.45, 2.75) is 45.1 Å². The lowest BCUT2D eigenvalue weighted by Crippen LogP contribution is -2.39. The van der Waals surface area contributed by atoms with E-state index in [0.717, 1.165) is 49.7 Å². The number of nitrogens with zero attached hydrogens (tertiary/aromatic N) is 1. The summed E-state index contributed by atoms with van der Waals surface area (Å²) in [6, 6.07) is 7.47. The number of nitrogens with one attached hydrogen (secondary N) is 1. The summed E-state index contributed by atoms with van der Waals surface area (Å²) in [6.07, 6.45) is 3.85. The number of hydrogen-bond acceptors (Lipinski definition) is 2. The normalized spacial score (nSPS) is 16.8. The summed E-state index contributed by atoms with van der Waals surface area (Å²) < 4.78 is 0. The number of carbonyl (C=O) groups is 1. The molecular formula is C19H25ClN2O2. The first-order valence-corrected chi connectivity index (χ1v) is 8.99. The fraction of sp³-hybridized carbons (Fsp3) is 0.526. The predicted molar refractivity (Wildman–Crippen MR) is 97.5 cm³/mol. The Labute approximate surface area is 147 Å². The first-order chi connectivity index (χ1) is 11.3. The van der Waals surface area contributed by atoms with Crippen molar-refractivity contribution in [1.29, 1.82) is 0 Å². The van der Waals surface area contributed by atoms with Crippen molar-refractivity contribution in [3.05, 3.63) is 35.0 Å². The second kappa shape index (κ2) is 6.77. The highest BCUT2D eigenvalue weighted by Gasteiger charge is 2.25. The number of piperidine rings is 1. The van der Waals surface area contributed by atoms with Crippen molar-refractivity contribution in [3.63, 3.8) is 0 Å². The number of amides is 1. The third-order valence-electron chi connectivity index (χ3n) is 4.88. The molecule has 3 rings (SSSR count). The summed E-state index contributed by atoms with van der Waals surface area (Å²) in [5.74, 6) is 0.658. The largest absolute Gasteiger partial charge is 0.390 e. The van der Waals surface area contributed by atoms with Gasteiger partial charge in [-0.2, -0.15) is 0 Å². The van der Waals surface area contributed by atoms with Gasteiger partial charge < -0.3 is 15.0 Å². The van der Waals surface area contributed by atoms with Crippen LogP contribution in [-0.2, 0) is 0 Å². The zero-order chi connectivity index (χ0) is 17.3. The van der Waals surface area contributed by atoms with E-state index in [2.05, 4.69) is 4.98 Å². The first kappa shape index (κ1) is 17.3. The van der Waals surface area contributed by atoms with Crippen LogP contribution in [0.15, 0.2) is 24.3 Å². The molecule has 5 heteroatoms. The van der Waals surface area contributed by atoms with E-state index in [4.69, 9.17) is 11.6 Å². The van der Waals surface area contributed by atoms with Gasteiger partial charge in [0.05, 0.1) is 5.60 Å². The maximum Gasteiger partial charge on any atom is 0.270 e. The molecule has 0 spiro atoms. The third-order valence-corrected chi connectivity index (χ3v) is 5.11. The number of rotatable bonds is 4. The molecular weight excluding hydrogens is 324 g/mol. The molecule has 1 aliphatic rings. The van der Waals surface area contributed by atoms with Gasteiger partial charge in [-0.25, -0.2) is 0 Å². The van der Waals surface area contributed by atoms with Gasteiger partial charge in [-0.05, 0) is 69.7 Å². The molecule has 1 aromatic heterocycles. The van der Waals surface area contributed by atoms with Crippen molar-refractivity contribution in [3.8, 4) is 0 Å². The Morgan fingerprint density at radius 3 is 2.71 bits per heavy atom. The van der Waals surface area contributed by atoms with Gasteiger partial charge in [0.25, 0.3) is 5.91 Å². The Bertz CT molecular complexity index is 725. The van der Waals surface area contributed by atoms with Gasteiger partial charge in [-0.3, -0.25) is 4.79 Å². The second-order valence-corrected chi connectivity index (χ2v) is 7.94. The molecule has 0 atom stereocenters. The average Bonchev–Trinajstić information content (AvgIpc) is 2.95. The zero-order valence-electron chi connectivity index (χ0n) is 14.3. The molecule has 0 aliphatic carbocycles. The third kappa shape index (κ3) is 4.11. The van der Waals surface area contributed by atoms with Gasteiger partial charge >= 0.3 is 0 Å². The minimum Gasteiger partial charge on any atom is -0.390 e. The molecule has 24 heavy (non-hydrogen) atoms. The van der Waals surface area contributed by atoms with Crippen molar-refractivity contribution >= 4 is 28.4 Å². The van der Waals surface area contributed by atoms with Gasteiger partial charge in [0.1, 0.15) is 5.69 Å². The molecule has 1 amide bonds. The predicted octanol–water partition coefficient (Wildman–Crippen LogP) is 4.22. The highest BCUT2D eigenvalue weighted by molar-refractivity contribution is 6.31. The molecule has 130 valence electrons. The molecule has 2 aromatic rings. The molecule has 1 saturated heterocycles. The number of likely N-dealkylation sites (tertiary alicyclic amines) is 1. The van der Waals surface area contributed by atoms with Crippen molar-refractivity contribution < 1.29 is 9.90 Å². The fourth-order valence-corrected chi connectivity index (χ4v) is 3.55. The standard InChI is InChI=1S/C19H25ClN2O2/c1-19(2,24)8-5-13-6-9-22(10-7-13)18(23)17-12-14-11-15(20)3-4-16(14)21-17/h3-4,11-13,21,24H,5-10H2,1-2H3.